The Morgan fingerprint density at radius 1 is 1.04 bits per heavy atom. The normalized spacial score (nSPS) is 11.4. The molecule has 0 amide bonds. The van der Waals surface area contributed by atoms with E-state index in [4.69, 9.17) is 4.74 Å². The lowest BCUT2D eigenvalue weighted by Crippen LogP contribution is -2.18. The lowest BCUT2D eigenvalue weighted by atomic mass is 9.79. The molecule has 1 aromatic carbocycles. The third kappa shape index (κ3) is 6.10. The van der Waals surface area contributed by atoms with Gasteiger partial charge >= 0.3 is 5.97 Å². The Morgan fingerprint density at radius 3 is 2.33 bits per heavy atom. The zero-order chi connectivity index (χ0) is 18.2. The maximum absolute atomic E-state index is 12.3. The highest BCUT2D eigenvalue weighted by atomic mass is 16.5. The first-order valence-corrected chi connectivity index (χ1v) is 9.18. The number of rotatable bonds is 10. The fourth-order valence-corrected chi connectivity index (χ4v) is 2.91. The molecular formula is C21H32O3. The van der Waals surface area contributed by atoms with E-state index in [0.29, 0.717) is 17.7 Å². The second-order valence-electron chi connectivity index (χ2n) is 7.17. The van der Waals surface area contributed by atoms with E-state index in [1.165, 1.54) is 32.6 Å². The van der Waals surface area contributed by atoms with Gasteiger partial charge in [-0.05, 0) is 36.0 Å². The third-order valence-corrected chi connectivity index (χ3v) is 4.45. The van der Waals surface area contributed by atoms with Crippen molar-refractivity contribution in [2.24, 2.45) is 0 Å². The van der Waals surface area contributed by atoms with Crippen molar-refractivity contribution in [2.45, 2.75) is 85.0 Å². The van der Waals surface area contributed by atoms with Gasteiger partial charge in [0, 0.05) is 13.3 Å². The van der Waals surface area contributed by atoms with Crippen LogP contribution < -0.4 is 4.74 Å². The van der Waals surface area contributed by atoms with Crippen LogP contribution in [0.15, 0.2) is 18.2 Å². The van der Waals surface area contributed by atoms with Gasteiger partial charge in [0.25, 0.3) is 0 Å². The first-order valence-electron chi connectivity index (χ1n) is 9.18. The van der Waals surface area contributed by atoms with Gasteiger partial charge in [-0.2, -0.15) is 0 Å². The molecule has 0 aromatic heterocycles. The smallest absolute Gasteiger partial charge is 0.308 e. The lowest BCUT2D eigenvalue weighted by molar-refractivity contribution is -0.131. The minimum Gasteiger partial charge on any atom is -0.426 e. The summed E-state index contributed by atoms with van der Waals surface area (Å²) >= 11 is 0. The van der Waals surface area contributed by atoms with E-state index in [1.807, 2.05) is 25.1 Å². The fourth-order valence-electron chi connectivity index (χ4n) is 2.91. The van der Waals surface area contributed by atoms with Crippen LogP contribution in [-0.2, 0) is 10.2 Å². The van der Waals surface area contributed by atoms with Crippen molar-refractivity contribution in [2.75, 3.05) is 0 Å². The summed E-state index contributed by atoms with van der Waals surface area (Å²) in [4.78, 5) is 23.7. The van der Waals surface area contributed by atoms with Crippen LogP contribution in [0, 0.1) is 0 Å². The van der Waals surface area contributed by atoms with Crippen molar-refractivity contribution in [1.82, 2.24) is 0 Å². The molecule has 134 valence electrons. The molecule has 0 heterocycles. The summed E-state index contributed by atoms with van der Waals surface area (Å²) in [6.45, 7) is 9.97. The Balaban J connectivity index is 3.03. The fraction of sp³-hybridized carbons (Fsp3) is 0.619. The van der Waals surface area contributed by atoms with Gasteiger partial charge < -0.3 is 4.74 Å². The number of hydrogen-bond acceptors (Lipinski definition) is 3. The van der Waals surface area contributed by atoms with Crippen LogP contribution in [0.25, 0.3) is 0 Å². The molecule has 0 spiro atoms. The van der Waals surface area contributed by atoms with Gasteiger partial charge in [0.15, 0.2) is 5.78 Å². The van der Waals surface area contributed by atoms with Crippen molar-refractivity contribution < 1.29 is 14.3 Å². The van der Waals surface area contributed by atoms with Crippen molar-refractivity contribution in [3.63, 3.8) is 0 Å². The summed E-state index contributed by atoms with van der Waals surface area (Å²) in [6, 6.07) is 5.71. The van der Waals surface area contributed by atoms with Crippen LogP contribution in [0.4, 0.5) is 0 Å². The monoisotopic (exact) mass is 332 g/mol. The van der Waals surface area contributed by atoms with Crippen molar-refractivity contribution >= 4 is 11.8 Å². The molecule has 0 N–H and O–H groups in total. The minimum atomic E-state index is -0.390. The largest absolute Gasteiger partial charge is 0.426 e. The third-order valence-electron chi connectivity index (χ3n) is 4.45. The van der Waals surface area contributed by atoms with Gasteiger partial charge in [0.1, 0.15) is 5.75 Å². The summed E-state index contributed by atoms with van der Waals surface area (Å²) in [6.07, 6.45) is 7.24. The van der Waals surface area contributed by atoms with Gasteiger partial charge in [0.05, 0.1) is 5.56 Å². The average Bonchev–Trinajstić information content (AvgIpc) is 2.51. The van der Waals surface area contributed by atoms with Gasteiger partial charge in [-0.15, -0.1) is 0 Å². The van der Waals surface area contributed by atoms with Gasteiger partial charge in [-0.1, -0.05) is 59.4 Å². The van der Waals surface area contributed by atoms with Crippen molar-refractivity contribution in [3.8, 4) is 5.75 Å². The molecule has 0 radical (unpaired) electrons. The standard InChI is InChI=1S/C21H32O3/c1-6-8-9-10-14-21(4,5)17-12-13-18(19(23)11-7-2)20(15-17)24-16(3)22/h12-13,15H,6-11,14H2,1-5H3. The second-order valence-corrected chi connectivity index (χ2v) is 7.17. The molecule has 0 aliphatic heterocycles. The van der Waals surface area contributed by atoms with E-state index in [0.717, 1.165) is 18.4 Å². The van der Waals surface area contributed by atoms with Crippen LogP contribution in [0.5, 0.6) is 5.75 Å². The highest BCUT2D eigenvalue weighted by Gasteiger charge is 2.23. The Bertz CT molecular complexity index is 558. The molecule has 0 saturated heterocycles. The number of Topliss-reactive ketones (excluding diaryl/α,β-unsaturated/α-hetero) is 1. The quantitative estimate of drug-likeness (QED) is 0.234. The molecule has 3 heteroatoms. The van der Waals surface area contributed by atoms with E-state index < -0.39 is 5.97 Å². The van der Waals surface area contributed by atoms with E-state index in [-0.39, 0.29) is 11.2 Å². The Labute approximate surface area is 146 Å². The van der Waals surface area contributed by atoms with Gasteiger partial charge in [-0.3, -0.25) is 9.59 Å². The van der Waals surface area contributed by atoms with Crippen molar-refractivity contribution in [1.29, 1.82) is 0 Å². The highest BCUT2D eigenvalue weighted by molar-refractivity contribution is 5.99. The Kier molecular flexibility index (Phi) is 8.17. The molecule has 0 fully saturated rings. The van der Waals surface area contributed by atoms with E-state index in [9.17, 15) is 9.59 Å². The molecule has 3 nitrogen and oxygen atoms in total. The predicted molar refractivity (Wildman–Crippen MR) is 98.8 cm³/mol. The lowest BCUT2D eigenvalue weighted by Gasteiger charge is -2.26. The summed E-state index contributed by atoms with van der Waals surface area (Å²) in [5.74, 6) is 0.0413. The Hall–Kier alpha value is -1.64. The zero-order valence-corrected chi connectivity index (χ0v) is 15.9. The minimum absolute atomic E-state index is 0.00499. The predicted octanol–water partition coefficient (Wildman–Crippen LogP) is 5.84. The maximum atomic E-state index is 12.3. The summed E-state index contributed by atoms with van der Waals surface area (Å²) in [5.41, 5.74) is 1.62. The topological polar surface area (TPSA) is 43.4 Å². The number of hydrogen-bond donors (Lipinski definition) is 0. The van der Waals surface area contributed by atoms with Crippen LogP contribution in [0.3, 0.4) is 0 Å². The SMILES string of the molecule is CCCCCCC(C)(C)c1ccc(C(=O)CCC)c(OC(C)=O)c1. The van der Waals surface area contributed by atoms with Crippen LogP contribution >= 0.6 is 0 Å². The zero-order valence-electron chi connectivity index (χ0n) is 15.9. The van der Waals surface area contributed by atoms with Gasteiger partial charge in [-0.25, -0.2) is 0 Å². The molecule has 0 aliphatic rings. The van der Waals surface area contributed by atoms with Crippen LogP contribution in [0.2, 0.25) is 0 Å². The first kappa shape index (κ1) is 20.4. The second kappa shape index (κ2) is 9.61. The molecule has 0 atom stereocenters. The van der Waals surface area contributed by atoms with Crippen molar-refractivity contribution in [3.05, 3.63) is 29.3 Å². The Morgan fingerprint density at radius 2 is 1.75 bits per heavy atom. The number of ether oxygens (including phenoxy) is 1. The molecule has 0 saturated carbocycles. The number of carbonyl (C=O) groups excluding carboxylic acids is 2. The average molecular weight is 332 g/mol. The highest BCUT2D eigenvalue weighted by Crippen LogP contribution is 2.33. The maximum Gasteiger partial charge on any atom is 0.308 e. The van der Waals surface area contributed by atoms with E-state index in [2.05, 4.69) is 20.8 Å². The first-order chi connectivity index (χ1) is 11.3. The number of esters is 1. The molecule has 0 unspecified atom stereocenters. The van der Waals surface area contributed by atoms with Crippen LogP contribution in [0.1, 0.15) is 95.5 Å². The van der Waals surface area contributed by atoms with Crippen LogP contribution in [-0.4, -0.2) is 11.8 Å². The number of unbranched alkanes of at least 4 members (excludes halogenated alkanes) is 3. The molecule has 1 aromatic rings. The molecule has 24 heavy (non-hydrogen) atoms. The van der Waals surface area contributed by atoms with E-state index in [1.54, 1.807) is 0 Å². The number of benzene rings is 1. The number of carbonyl (C=O) groups is 2. The molecule has 0 aliphatic carbocycles. The number of ketones is 1. The molecular weight excluding hydrogens is 300 g/mol. The summed E-state index contributed by atoms with van der Waals surface area (Å²) < 4.78 is 5.33. The molecule has 0 bridgehead atoms. The van der Waals surface area contributed by atoms with E-state index >= 15 is 0 Å². The van der Waals surface area contributed by atoms with Gasteiger partial charge in [0.2, 0.25) is 0 Å². The summed E-state index contributed by atoms with van der Waals surface area (Å²) in [7, 11) is 0. The molecule has 1 rings (SSSR count). The summed E-state index contributed by atoms with van der Waals surface area (Å²) in [5, 5.41) is 0.